The highest BCUT2D eigenvalue weighted by Gasteiger charge is 2.09. The van der Waals surface area contributed by atoms with Crippen LogP contribution < -0.4 is 14.8 Å². The van der Waals surface area contributed by atoms with Crippen molar-refractivity contribution in [2.24, 2.45) is 0 Å². The van der Waals surface area contributed by atoms with Gasteiger partial charge in [0.2, 0.25) is 0 Å². The molecule has 0 saturated heterocycles. The van der Waals surface area contributed by atoms with Gasteiger partial charge in [0.1, 0.15) is 11.5 Å². The first kappa shape index (κ1) is 23.1. The van der Waals surface area contributed by atoms with Crippen molar-refractivity contribution in [3.8, 4) is 11.5 Å². The second-order valence-corrected chi connectivity index (χ2v) is 6.65. The number of benzene rings is 2. The minimum Gasteiger partial charge on any atom is -0.493 e. The van der Waals surface area contributed by atoms with E-state index in [1.807, 2.05) is 32.0 Å². The van der Waals surface area contributed by atoms with Gasteiger partial charge in [-0.25, -0.2) is 0 Å². The maximum Gasteiger partial charge on any atom is 0.387 e. The second-order valence-electron chi connectivity index (χ2n) is 6.65. The van der Waals surface area contributed by atoms with Crippen LogP contribution in [-0.4, -0.2) is 38.2 Å². The molecule has 8 heteroatoms. The molecule has 2 rings (SSSR count). The summed E-state index contributed by atoms with van der Waals surface area (Å²) in [6.45, 7) is 1.12. The van der Waals surface area contributed by atoms with Crippen LogP contribution in [0.1, 0.15) is 23.1 Å². The van der Waals surface area contributed by atoms with Crippen molar-refractivity contribution in [2.45, 2.75) is 33.3 Å². The number of aryl methyl sites for hydroxylation is 2. The van der Waals surface area contributed by atoms with E-state index in [-0.39, 0.29) is 25.4 Å². The molecule has 0 heterocycles. The Labute approximate surface area is 174 Å². The first-order valence-corrected chi connectivity index (χ1v) is 9.49. The van der Waals surface area contributed by atoms with Crippen LogP contribution in [0.4, 0.5) is 8.78 Å². The second kappa shape index (κ2) is 11.7. The zero-order valence-electron chi connectivity index (χ0n) is 17.0. The van der Waals surface area contributed by atoms with Gasteiger partial charge in [0.05, 0.1) is 13.0 Å². The molecule has 30 heavy (non-hydrogen) atoms. The molecule has 0 spiro atoms. The molecule has 0 aliphatic carbocycles. The van der Waals surface area contributed by atoms with Crippen LogP contribution >= 0.6 is 0 Å². The van der Waals surface area contributed by atoms with Crippen LogP contribution in [-0.2, 0) is 20.7 Å². The molecule has 1 amide bonds. The fourth-order valence-corrected chi connectivity index (χ4v) is 2.56. The third-order valence-electron chi connectivity index (χ3n) is 4.16. The number of rotatable bonds is 11. The van der Waals surface area contributed by atoms with Gasteiger partial charge in [0.25, 0.3) is 5.91 Å². The number of hydrogen-bond acceptors (Lipinski definition) is 5. The number of carbonyl (C=O) groups is 2. The average molecular weight is 421 g/mol. The van der Waals surface area contributed by atoms with Crippen molar-refractivity contribution in [1.29, 1.82) is 0 Å². The Hall–Kier alpha value is -3.16. The lowest BCUT2D eigenvalue weighted by Gasteiger charge is -2.10. The zero-order chi connectivity index (χ0) is 21.9. The normalized spacial score (nSPS) is 10.6. The summed E-state index contributed by atoms with van der Waals surface area (Å²) < 4.78 is 39.0. The Morgan fingerprint density at radius 3 is 2.50 bits per heavy atom. The fourth-order valence-electron chi connectivity index (χ4n) is 2.56. The number of alkyl halides is 2. The molecule has 0 aromatic heterocycles. The van der Waals surface area contributed by atoms with Crippen molar-refractivity contribution in [2.75, 3.05) is 19.8 Å². The van der Waals surface area contributed by atoms with Crippen LogP contribution in [0.15, 0.2) is 42.5 Å². The standard InChI is InChI=1S/C22H25F2NO5/c1-15-3-4-16(2)19(13-15)28-12-10-21(27)29-14-20(26)25-11-9-17-5-7-18(8-6-17)30-22(23)24/h3-8,13,22H,9-12,14H2,1-2H3,(H,25,26). The van der Waals surface area contributed by atoms with E-state index in [9.17, 15) is 18.4 Å². The number of ether oxygens (including phenoxy) is 3. The largest absolute Gasteiger partial charge is 0.493 e. The van der Waals surface area contributed by atoms with Gasteiger partial charge in [0.15, 0.2) is 6.61 Å². The van der Waals surface area contributed by atoms with Crippen LogP contribution in [0.5, 0.6) is 11.5 Å². The smallest absolute Gasteiger partial charge is 0.387 e. The van der Waals surface area contributed by atoms with E-state index in [1.54, 1.807) is 12.1 Å². The van der Waals surface area contributed by atoms with Crippen LogP contribution in [0.25, 0.3) is 0 Å². The van der Waals surface area contributed by atoms with E-state index < -0.39 is 18.5 Å². The van der Waals surface area contributed by atoms with E-state index in [1.165, 1.54) is 12.1 Å². The summed E-state index contributed by atoms with van der Waals surface area (Å²) in [6, 6.07) is 12.0. The first-order chi connectivity index (χ1) is 14.3. The molecule has 6 nitrogen and oxygen atoms in total. The van der Waals surface area contributed by atoms with Crippen molar-refractivity contribution in [1.82, 2.24) is 5.32 Å². The van der Waals surface area contributed by atoms with Gasteiger partial charge in [-0.15, -0.1) is 0 Å². The maximum absolute atomic E-state index is 12.1. The average Bonchev–Trinajstić information content (AvgIpc) is 2.70. The first-order valence-electron chi connectivity index (χ1n) is 9.49. The molecule has 0 fully saturated rings. The summed E-state index contributed by atoms with van der Waals surface area (Å²) in [5.41, 5.74) is 2.88. The lowest BCUT2D eigenvalue weighted by Crippen LogP contribution is -2.30. The Balaban J connectivity index is 1.60. The lowest BCUT2D eigenvalue weighted by atomic mass is 10.1. The number of halogens is 2. The van der Waals surface area contributed by atoms with Gasteiger partial charge >= 0.3 is 12.6 Å². The molecule has 0 unspecified atom stereocenters. The van der Waals surface area contributed by atoms with Crippen molar-refractivity contribution in [3.05, 3.63) is 59.2 Å². The summed E-state index contributed by atoms with van der Waals surface area (Å²) in [7, 11) is 0. The van der Waals surface area contributed by atoms with E-state index in [0.717, 1.165) is 16.7 Å². The zero-order valence-corrected chi connectivity index (χ0v) is 17.0. The number of esters is 1. The lowest BCUT2D eigenvalue weighted by molar-refractivity contribution is -0.149. The predicted octanol–water partition coefficient (Wildman–Crippen LogP) is 3.58. The molecule has 0 aliphatic heterocycles. The summed E-state index contributed by atoms with van der Waals surface area (Å²) in [5, 5.41) is 2.63. The van der Waals surface area contributed by atoms with Crippen molar-refractivity contribution >= 4 is 11.9 Å². The van der Waals surface area contributed by atoms with Gasteiger partial charge in [-0.2, -0.15) is 8.78 Å². The Morgan fingerprint density at radius 2 is 1.80 bits per heavy atom. The van der Waals surface area contributed by atoms with Crippen LogP contribution in [0.3, 0.4) is 0 Å². The van der Waals surface area contributed by atoms with Gasteiger partial charge in [-0.1, -0.05) is 24.3 Å². The molecule has 0 saturated carbocycles. The quantitative estimate of drug-likeness (QED) is 0.562. The Bertz CT molecular complexity index is 840. The molecule has 1 N–H and O–H groups in total. The molecule has 0 bridgehead atoms. The van der Waals surface area contributed by atoms with E-state index in [2.05, 4.69) is 10.1 Å². The summed E-state index contributed by atoms with van der Waals surface area (Å²) in [4.78, 5) is 23.5. The molecule has 162 valence electrons. The molecule has 0 radical (unpaired) electrons. The Kier molecular flexibility index (Phi) is 9.05. The molecule has 0 atom stereocenters. The highest BCUT2D eigenvalue weighted by molar-refractivity contribution is 5.80. The molecular formula is C22H25F2NO5. The molecule has 2 aromatic rings. The Morgan fingerprint density at radius 1 is 1.07 bits per heavy atom. The summed E-state index contributed by atoms with van der Waals surface area (Å²) in [5.74, 6) is -0.151. The van der Waals surface area contributed by atoms with Crippen molar-refractivity contribution < 1.29 is 32.6 Å². The van der Waals surface area contributed by atoms with E-state index in [0.29, 0.717) is 18.7 Å². The van der Waals surface area contributed by atoms with Gasteiger partial charge < -0.3 is 19.5 Å². The highest BCUT2D eigenvalue weighted by Crippen LogP contribution is 2.19. The summed E-state index contributed by atoms with van der Waals surface area (Å²) >= 11 is 0. The molecule has 0 aliphatic rings. The predicted molar refractivity (Wildman–Crippen MR) is 107 cm³/mol. The monoisotopic (exact) mass is 421 g/mol. The van der Waals surface area contributed by atoms with E-state index in [4.69, 9.17) is 9.47 Å². The minimum atomic E-state index is -2.86. The van der Waals surface area contributed by atoms with Gasteiger partial charge in [-0.3, -0.25) is 9.59 Å². The molecule has 2 aromatic carbocycles. The number of amides is 1. The van der Waals surface area contributed by atoms with Crippen molar-refractivity contribution in [3.63, 3.8) is 0 Å². The van der Waals surface area contributed by atoms with Gasteiger partial charge in [0, 0.05) is 6.54 Å². The number of hydrogen-bond donors (Lipinski definition) is 1. The van der Waals surface area contributed by atoms with Crippen LogP contribution in [0, 0.1) is 13.8 Å². The maximum atomic E-state index is 12.1. The van der Waals surface area contributed by atoms with Crippen LogP contribution in [0.2, 0.25) is 0 Å². The third kappa shape index (κ3) is 8.46. The van der Waals surface area contributed by atoms with E-state index >= 15 is 0 Å². The topological polar surface area (TPSA) is 73.9 Å². The highest BCUT2D eigenvalue weighted by atomic mass is 19.3. The SMILES string of the molecule is Cc1ccc(C)c(OCCC(=O)OCC(=O)NCCc2ccc(OC(F)F)cc2)c1. The summed E-state index contributed by atoms with van der Waals surface area (Å²) in [6.07, 6.45) is 0.534. The number of nitrogens with one attached hydrogen (secondary N) is 1. The fraction of sp³-hybridized carbons (Fsp3) is 0.364. The third-order valence-corrected chi connectivity index (χ3v) is 4.16. The molecular weight excluding hydrogens is 396 g/mol. The number of carbonyl (C=O) groups excluding carboxylic acids is 2. The van der Waals surface area contributed by atoms with Gasteiger partial charge in [-0.05, 0) is 55.2 Å². The minimum absolute atomic E-state index is 0.0354.